The van der Waals surface area contributed by atoms with Crippen molar-refractivity contribution in [2.45, 2.75) is 19.9 Å². The van der Waals surface area contributed by atoms with E-state index in [2.05, 4.69) is 10.3 Å². The SMILES string of the molecule is CCSCC(C)NC(=O)c1ccnc(Cl)c1[N+](=O)[O-]. The molecule has 0 aliphatic heterocycles. The molecule has 19 heavy (non-hydrogen) atoms. The highest BCUT2D eigenvalue weighted by Crippen LogP contribution is 2.25. The number of nitrogens with one attached hydrogen (secondary N) is 1. The summed E-state index contributed by atoms with van der Waals surface area (Å²) >= 11 is 7.33. The van der Waals surface area contributed by atoms with Crippen molar-refractivity contribution in [2.24, 2.45) is 0 Å². The number of hydrogen-bond donors (Lipinski definition) is 1. The summed E-state index contributed by atoms with van der Waals surface area (Å²) in [5.74, 6) is 1.18. The van der Waals surface area contributed by atoms with Crippen LogP contribution in [0, 0.1) is 10.1 Å². The van der Waals surface area contributed by atoms with Crippen LogP contribution in [0.25, 0.3) is 0 Å². The Morgan fingerprint density at radius 1 is 1.68 bits per heavy atom. The zero-order valence-corrected chi connectivity index (χ0v) is 12.1. The number of nitro groups is 1. The Morgan fingerprint density at radius 3 is 2.95 bits per heavy atom. The highest BCUT2D eigenvalue weighted by atomic mass is 35.5. The van der Waals surface area contributed by atoms with Crippen molar-refractivity contribution in [1.29, 1.82) is 0 Å². The van der Waals surface area contributed by atoms with E-state index in [-0.39, 0.29) is 16.8 Å². The van der Waals surface area contributed by atoms with Gasteiger partial charge < -0.3 is 5.32 Å². The van der Waals surface area contributed by atoms with Crippen LogP contribution in [0.3, 0.4) is 0 Å². The molecule has 1 heterocycles. The normalized spacial score (nSPS) is 11.9. The Labute approximate surface area is 120 Å². The first-order valence-corrected chi connectivity index (χ1v) is 7.18. The van der Waals surface area contributed by atoms with Crippen LogP contribution in [-0.4, -0.2) is 33.4 Å². The summed E-state index contributed by atoms with van der Waals surface area (Å²) < 4.78 is 0. The van der Waals surface area contributed by atoms with Gasteiger partial charge in [-0.05, 0) is 18.7 Å². The minimum absolute atomic E-state index is 0.0710. The van der Waals surface area contributed by atoms with E-state index in [0.717, 1.165) is 11.5 Å². The summed E-state index contributed by atoms with van der Waals surface area (Å²) in [6.07, 6.45) is 1.27. The van der Waals surface area contributed by atoms with Crippen molar-refractivity contribution >= 4 is 35.0 Å². The molecule has 1 amide bonds. The fourth-order valence-electron chi connectivity index (χ4n) is 1.42. The number of pyridine rings is 1. The van der Waals surface area contributed by atoms with Crippen LogP contribution >= 0.6 is 23.4 Å². The molecule has 1 rings (SSSR count). The molecule has 0 bridgehead atoms. The first-order chi connectivity index (χ1) is 8.97. The molecule has 0 spiro atoms. The molecule has 1 aromatic heterocycles. The van der Waals surface area contributed by atoms with Crippen molar-refractivity contribution in [3.63, 3.8) is 0 Å². The van der Waals surface area contributed by atoms with Gasteiger partial charge in [-0.25, -0.2) is 4.98 Å². The predicted octanol–water partition coefficient (Wildman–Crippen LogP) is 2.51. The fraction of sp³-hybridized carbons (Fsp3) is 0.455. The number of halogens is 1. The third-order valence-corrected chi connectivity index (χ3v) is 3.68. The molecule has 0 saturated heterocycles. The lowest BCUT2D eigenvalue weighted by atomic mass is 10.2. The van der Waals surface area contributed by atoms with Crippen LogP contribution in [-0.2, 0) is 0 Å². The number of hydrogen-bond acceptors (Lipinski definition) is 5. The van der Waals surface area contributed by atoms with E-state index >= 15 is 0 Å². The average molecular weight is 304 g/mol. The van der Waals surface area contributed by atoms with E-state index in [1.165, 1.54) is 12.3 Å². The first-order valence-electron chi connectivity index (χ1n) is 5.64. The van der Waals surface area contributed by atoms with Gasteiger partial charge in [-0.15, -0.1) is 0 Å². The summed E-state index contributed by atoms with van der Waals surface area (Å²) in [6.45, 7) is 3.86. The third-order valence-electron chi connectivity index (χ3n) is 2.26. The number of carbonyl (C=O) groups is 1. The maximum Gasteiger partial charge on any atom is 0.319 e. The van der Waals surface area contributed by atoms with E-state index in [1.54, 1.807) is 11.8 Å². The van der Waals surface area contributed by atoms with Gasteiger partial charge >= 0.3 is 5.69 Å². The number of nitrogens with zero attached hydrogens (tertiary/aromatic N) is 2. The molecule has 8 heteroatoms. The van der Waals surface area contributed by atoms with Gasteiger partial charge in [0.15, 0.2) is 0 Å². The maximum absolute atomic E-state index is 12.0. The smallest absolute Gasteiger partial charge is 0.319 e. The van der Waals surface area contributed by atoms with E-state index in [0.29, 0.717) is 0 Å². The Balaban J connectivity index is 2.88. The molecule has 0 aromatic carbocycles. The standard InChI is InChI=1S/C11H14ClN3O3S/c1-3-19-6-7(2)14-11(16)8-4-5-13-10(12)9(8)15(17)18/h4-5,7H,3,6H2,1-2H3,(H,14,16). The van der Waals surface area contributed by atoms with Crippen LogP contribution in [0.1, 0.15) is 24.2 Å². The highest BCUT2D eigenvalue weighted by molar-refractivity contribution is 7.99. The van der Waals surface area contributed by atoms with E-state index < -0.39 is 16.5 Å². The van der Waals surface area contributed by atoms with Gasteiger partial charge in [-0.3, -0.25) is 14.9 Å². The lowest BCUT2D eigenvalue weighted by Crippen LogP contribution is -2.34. The second kappa shape index (κ2) is 7.30. The zero-order chi connectivity index (χ0) is 14.4. The lowest BCUT2D eigenvalue weighted by Gasteiger charge is -2.13. The topological polar surface area (TPSA) is 85.1 Å². The molecule has 0 radical (unpaired) electrons. The van der Waals surface area contributed by atoms with Crippen LogP contribution in [0.4, 0.5) is 5.69 Å². The van der Waals surface area contributed by atoms with E-state index in [1.807, 2.05) is 13.8 Å². The number of aromatic nitrogens is 1. The summed E-state index contributed by atoms with van der Waals surface area (Å²) in [7, 11) is 0. The van der Waals surface area contributed by atoms with Crippen molar-refractivity contribution in [1.82, 2.24) is 10.3 Å². The van der Waals surface area contributed by atoms with Gasteiger partial charge in [-0.2, -0.15) is 11.8 Å². The van der Waals surface area contributed by atoms with Crippen LogP contribution in [0.5, 0.6) is 0 Å². The first kappa shape index (κ1) is 15.7. The van der Waals surface area contributed by atoms with Gasteiger partial charge in [-0.1, -0.05) is 18.5 Å². The highest BCUT2D eigenvalue weighted by Gasteiger charge is 2.25. The average Bonchev–Trinajstić information content (AvgIpc) is 2.35. The van der Waals surface area contributed by atoms with Gasteiger partial charge in [0.25, 0.3) is 5.91 Å². The molecule has 104 valence electrons. The van der Waals surface area contributed by atoms with E-state index in [9.17, 15) is 14.9 Å². The zero-order valence-electron chi connectivity index (χ0n) is 10.6. The van der Waals surface area contributed by atoms with Gasteiger partial charge in [0, 0.05) is 18.0 Å². The Kier molecular flexibility index (Phi) is 6.04. The number of thioether (sulfide) groups is 1. The summed E-state index contributed by atoms with van der Waals surface area (Å²) in [6, 6.07) is 1.21. The van der Waals surface area contributed by atoms with Crippen molar-refractivity contribution in [3.8, 4) is 0 Å². The molecule has 1 unspecified atom stereocenters. The third kappa shape index (κ3) is 4.36. The monoisotopic (exact) mass is 303 g/mol. The van der Waals surface area contributed by atoms with Crippen molar-refractivity contribution in [2.75, 3.05) is 11.5 Å². The number of rotatable bonds is 6. The lowest BCUT2D eigenvalue weighted by molar-refractivity contribution is -0.385. The summed E-state index contributed by atoms with van der Waals surface area (Å²) in [4.78, 5) is 25.8. The second-order valence-corrected chi connectivity index (χ2v) is 5.47. The molecule has 0 fully saturated rings. The number of carbonyl (C=O) groups excluding carboxylic acids is 1. The van der Waals surface area contributed by atoms with Gasteiger partial charge in [0.1, 0.15) is 5.56 Å². The predicted molar refractivity (Wildman–Crippen MR) is 75.8 cm³/mol. The molecular formula is C11H14ClN3O3S. The van der Waals surface area contributed by atoms with E-state index in [4.69, 9.17) is 11.6 Å². The number of amides is 1. The Bertz CT molecular complexity index is 484. The molecular weight excluding hydrogens is 290 g/mol. The Morgan fingerprint density at radius 2 is 2.37 bits per heavy atom. The van der Waals surface area contributed by atoms with Gasteiger partial charge in [0.05, 0.1) is 4.92 Å². The van der Waals surface area contributed by atoms with Gasteiger partial charge in [0.2, 0.25) is 5.15 Å². The second-order valence-electron chi connectivity index (χ2n) is 3.79. The largest absolute Gasteiger partial charge is 0.349 e. The summed E-state index contributed by atoms with van der Waals surface area (Å²) in [5.41, 5.74) is -0.532. The molecule has 0 aliphatic carbocycles. The minimum Gasteiger partial charge on any atom is -0.349 e. The van der Waals surface area contributed by atoms with Crippen molar-refractivity contribution < 1.29 is 9.72 Å². The molecule has 0 saturated carbocycles. The quantitative estimate of drug-likeness (QED) is 0.496. The van der Waals surface area contributed by atoms with Crippen LogP contribution in [0.2, 0.25) is 5.15 Å². The molecule has 1 N–H and O–H groups in total. The molecule has 6 nitrogen and oxygen atoms in total. The fourth-order valence-corrected chi connectivity index (χ4v) is 2.32. The van der Waals surface area contributed by atoms with Crippen LogP contribution in [0.15, 0.2) is 12.3 Å². The van der Waals surface area contributed by atoms with Crippen LogP contribution < -0.4 is 5.32 Å². The summed E-state index contributed by atoms with van der Waals surface area (Å²) in [5, 5.41) is 13.3. The molecule has 0 aliphatic rings. The Hall–Kier alpha value is -1.34. The maximum atomic E-state index is 12.0. The molecule has 1 aromatic rings. The molecule has 1 atom stereocenters. The van der Waals surface area contributed by atoms with Crippen molar-refractivity contribution in [3.05, 3.63) is 33.1 Å². The minimum atomic E-state index is -0.699.